The van der Waals surface area contributed by atoms with Crippen LogP contribution in [0.25, 0.3) is 10.9 Å². The van der Waals surface area contributed by atoms with E-state index in [4.69, 9.17) is 0 Å². The SMILES string of the molecule is CCn1cc(Br)c2cc([N+](=O)[O-])ccc21. The molecule has 0 saturated heterocycles. The molecule has 2 rings (SSSR count). The van der Waals surface area contributed by atoms with Crippen LogP contribution in [-0.4, -0.2) is 9.49 Å². The van der Waals surface area contributed by atoms with Gasteiger partial charge in [-0.1, -0.05) is 0 Å². The molecule has 1 aromatic carbocycles. The summed E-state index contributed by atoms with van der Waals surface area (Å²) in [5, 5.41) is 11.5. The van der Waals surface area contributed by atoms with Crippen molar-refractivity contribution in [2.45, 2.75) is 13.5 Å². The predicted molar refractivity (Wildman–Crippen MR) is 62.0 cm³/mol. The maximum Gasteiger partial charge on any atom is 0.270 e. The van der Waals surface area contributed by atoms with Crippen molar-refractivity contribution in [3.05, 3.63) is 39.0 Å². The lowest BCUT2D eigenvalue weighted by atomic mass is 10.2. The molecule has 2 aromatic rings. The number of nitro benzene ring substituents is 1. The predicted octanol–water partition coefficient (Wildman–Crippen LogP) is 3.33. The second-order valence-electron chi connectivity index (χ2n) is 3.22. The molecule has 0 spiro atoms. The lowest BCUT2D eigenvalue weighted by Gasteiger charge is -1.99. The number of aryl methyl sites for hydroxylation is 1. The molecule has 1 heterocycles. The molecule has 1 aromatic heterocycles. The summed E-state index contributed by atoms with van der Waals surface area (Å²) in [5.74, 6) is 0. The molecule has 0 aliphatic rings. The van der Waals surface area contributed by atoms with Gasteiger partial charge in [-0.2, -0.15) is 0 Å². The summed E-state index contributed by atoms with van der Waals surface area (Å²) in [7, 11) is 0. The van der Waals surface area contributed by atoms with Gasteiger partial charge in [0.25, 0.3) is 5.69 Å². The highest BCUT2D eigenvalue weighted by atomic mass is 79.9. The molecule has 0 atom stereocenters. The van der Waals surface area contributed by atoms with E-state index in [1.165, 1.54) is 6.07 Å². The summed E-state index contributed by atoms with van der Waals surface area (Å²) >= 11 is 3.40. The van der Waals surface area contributed by atoms with E-state index in [1.54, 1.807) is 12.1 Å². The fraction of sp³-hybridized carbons (Fsp3) is 0.200. The quantitative estimate of drug-likeness (QED) is 0.620. The molecule has 78 valence electrons. The van der Waals surface area contributed by atoms with Gasteiger partial charge in [0.2, 0.25) is 0 Å². The van der Waals surface area contributed by atoms with Gasteiger partial charge in [-0.25, -0.2) is 0 Å². The zero-order valence-corrected chi connectivity index (χ0v) is 9.69. The maximum atomic E-state index is 10.6. The topological polar surface area (TPSA) is 48.1 Å². The van der Waals surface area contributed by atoms with E-state index in [0.29, 0.717) is 0 Å². The van der Waals surface area contributed by atoms with Crippen LogP contribution in [-0.2, 0) is 6.54 Å². The van der Waals surface area contributed by atoms with Crippen LogP contribution in [0.4, 0.5) is 5.69 Å². The molecule has 0 saturated carbocycles. The first-order valence-corrected chi connectivity index (χ1v) is 5.35. The van der Waals surface area contributed by atoms with Crippen molar-refractivity contribution >= 4 is 32.5 Å². The maximum absolute atomic E-state index is 10.6. The third-order valence-corrected chi connectivity index (χ3v) is 3.00. The summed E-state index contributed by atoms with van der Waals surface area (Å²) in [6.07, 6.45) is 1.94. The minimum Gasteiger partial charge on any atom is -0.347 e. The molecule has 0 fully saturated rings. The largest absolute Gasteiger partial charge is 0.347 e. The van der Waals surface area contributed by atoms with Crippen molar-refractivity contribution in [3.8, 4) is 0 Å². The lowest BCUT2D eigenvalue weighted by molar-refractivity contribution is -0.384. The van der Waals surface area contributed by atoms with Crippen LogP contribution in [0.2, 0.25) is 0 Å². The zero-order chi connectivity index (χ0) is 11.0. The molecule has 15 heavy (non-hydrogen) atoms. The Morgan fingerprint density at radius 2 is 2.27 bits per heavy atom. The van der Waals surface area contributed by atoms with Gasteiger partial charge in [-0.3, -0.25) is 10.1 Å². The minimum atomic E-state index is -0.380. The van der Waals surface area contributed by atoms with Crippen LogP contribution in [0.15, 0.2) is 28.9 Å². The van der Waals surface area contributed by atoms with Gasteiger partial charge >= 0.3 is 0 Å². The van der Waals surface area contributed by atoms with Crippen molar-refractivity contribution in [1.29, 1.82) is 0 Å². The smallest absolute Gasteiger partial charge is 0.270 e. The van der Waals surface area contributed by atoms with Crippen LogP contribution in [0.1, 0.15) is 6.92 Å². The van der Waals surface area contributed by atoms with Crippen molar-refractivity contribution in [2.75, 3.05) is 0 Å². The number of hydrogen-bond acceptors (Lipinski definition) is 2. The van der Waals surface area contributed by atoms with Gasteiger partial charge in [0.15, 0.2) is 0 Å². The highest BCUT2D eigenvalue weighted by molar-refractivity contribution is 9.10. The Balaban J connectivity index is 2.72. The molecular formula is C10H9BrN2O2. The molecule has 0 amide bonds. The Kier molecular flexibility index (Phi) is 2.48. The lowest BCUT2D eigenvalue weighted by Crippen LogP contribution is -1.91. The van der Waals surface area contributed by atoms with Gasteiger partial charge in [-0.05, 0) is 28.9 Å². The van der Waals surface area contributed by atoms with Gasteiger partial charge in [-0.15, -0.1) is 0 Å². The minimum absolute atomic E-state index is 0.122. The fourth-order valence-electron chi connectivity index (χ4n) is 1.62. The number of aromatic nitrogens is 1. The molecule has 0 aliphatic carbocycles. The number of rotatable bonds is 2. The van der Waals surface area contributed by atoms with E-state index in [-0.39, 0.29) is 10.6 Å². The average molecular weight is 269 g/mol. The van der Waals surface area contributed by atoms with Gasteiger partial charge < -0.3 is 4.57 Å². The van der Waals surface area contributed by atoms with E-state index >= 15 is 0 Å². The number of hydrogen-bond donors (Lipinski definition) is 0. The second kappa shape index (κ2) is 3.66. The Bertz CT molecular complexity index is 533. The van der Waals surface area contributed by atoms with Crippen LogP contribution in [0.5, 0.6) is 0 Å². The van der Waals surface area contributed by atoms with Gasteiger partial charge in [0.1, 0.15) is 0 Å². The summed E-state index contributed by atoms with van der Waals surface area (Å²) in [6.45, 7) is 2.88. The zero-order valence-electron chi connectivity index (χ0n) is 8.11. The molecular weight excluding hydrogens is 260 g/mol. The molecule has 0 N–H and O–H groups in total. The number of halogens is 1. The highest BCUT2D eigenvalue weighted by Crippen LogP contribution is 2.29. The van der Waals surface area contributed by atoms with Crippen molar-refractivity contribution in [2.24, 2.45) is 0 Å². The summed E-state index contributed by atoms with van der Waals surface area (Å²) in [6, 6.07) is 4.90. The molecule has 4 nitrogen and oxygen atoms in total. The number of nitrogens with zero attached hydrogens (tertiary/aromatic N) is 2. The van der Waals surface area contributed by atoms with Crippen molar-refractivity contribution in [3.63, 3.8) is 0 Å². The Morgan fingerprint density at radius 1 is 1.53 bits per heavy atom. The van der Waals surface area contributed by atoms with Crippen molar-refractivity contribution < 1.29 is 4.92 Å². The summed E-state index contributed by atoms with van der Waals surface area (Å²) < 4.78 is 2.94. The van der Waals surface area contributed by atoms with Crippen LogP contribution in [0.3, 0.4) is 0 Å². The third-order valence-electron chi connectivity index (χ3n) is 2.37. The van der Waals surface area contributed by atoms with Crippen LogP contribution < -0.4 is 0 Å². The highest BCUT2D eigenvalue weighted by Gasteiger charge is 2.11. The molecule has 0 aliphatic heterocycles. The summed E-state index contributed by atoms with van der Waals surface area (Å²) in [4.78, 5) is 10.2. The monoisotopic (exact) mass is 268 g/mol. The van der Waals surface area contributed by atoms with Crippen molar-refractivity contribution in [1.82, 2.24) is 4.57 Å². The molecule has 0 unspecified atom stereocenters. The second-order valence-corrected chi connectivity index (χ2v) is 4.08. The first-order valence-electron chi connectivity index (χ1n) is 4.56. The number of benzene rings is 1. The van der Waals surface area contributed by atoms with Crippen LogP contribution in [0, 0.1) is 10.1 Å². The van der Waals surface area contributed by atoms with E-state index < -0.39 is 0 Å². The Hall–Kier alpha value is -1.36. The van der Waals surface area contributed by atoms with E-state index in [2.05, 4.69) is 15.9 Å². The molecule has 5 heteroatoms. The standard InChI is InChI=1S/C10H9BrN2O2/c1-2-12-6-9(11)8-5-7(13(14)15)3-4-10(8)12/h3-6H,2H2,1H3. The Morgan fingerprint density at radius 3 is 2.87 bits per heavy atom. The van der Waals surface area contributed by atoms with Gasteiger partial charge in [0, 0.05) is 40.2 Å². The first-order chi connectivity index (χ1) is 7.13. The van der Waals surface area contributed by atoms with E-state index in [1.807, 2.05) is 17.7 Å². The number of fused-ring (bicyclic) bond motifs is 1. The van der Waals surface area contributed by atoms with Gasteiger partial charge in [0.05, 0.1) is 4.92 Å². The van der Waals surface area contributed by atoms with E-state index in [9.17, 15) is 10.1 Å². The first kappa shape index (κ1) is 10.2. The van der Waals surface area contributed by atoms with Crippen LogP contribution >= 0.6 is 15.9 Å². The van der Waals surface area contributed by atoms with E-state index in [0.717, 1.165) is 21.9 Å². The molecule has 0 radical (unpaired) electrons. The Labute approximate surface area is 94.8 Å². The summed E-state index contributed by atoms with van der Waals surface area (Å²) in [5.41, 5.74) is 1.13. The number of non-ortho nitro benzene ring substituents is 1. The fourth-order valence-corrected chi connectivity index (χ4v) is 2.18. The number of nitro groups is 1. The normalized spacial score (nSPS) is 10.8. The third kappa shape index (κ3) is 1.63. The molecule has 0 bridgehead atoms. The average Bonchev–Trinajstić information content (AvgIpc) is 2.55.